The molecule has 0 aliphatic carbocycles. The monoisotopic (exact) mass is 333 g/mol. The summed E-state index contributed by atoms with van der Waals surface area (Å²) >= 11 is 0. The number of esters is 1. The number of carbonyl (C=O) groups is 3. The first-order valence-electron chi connectivity index (χ1n) is 6.94. The second-order valence-corrected chi connectivity index (χ2v) is 4.76. The third-order valence-corrected chi connectivity index (χ3v) is 3.02. The summed E-state index contributed by atoms with van der Waals surface area (Å²) in [7, 11) is 0. The number of Topliss-reactive ketones (excluding diaryl/α,β-unsaturated/α-hetero) is 1. The number of rotatable bonds is 6. The number of carbonyl (C=O) groups excluding carboxylic acids is 3. The molecule has 0 aliphatic rings. The standard InChI is InChI=1S/C17H13F2NO4/c18-12-5-3-4-11(8-12)17(23)20-9-16(22)24-10-15(21)13-6-1-2-7-14(13)19/h1-8H,9-10H2,(H,20,23). The van der Waals surface area contributed by atoms with Crippen molar-refractivity contribution in [2.24, 2.45) is 0 Å². The van der Waals surface area contributed by atoms with Gasteiger partial charge in [0.05, 0.1) is 5.56 Å². The van der Waals surface area contributed by atoms with Gasteiger partial charge in [0.2, 0.25) is 5.78 Å². The molecule has 0 fully saturated rings. The van der Waals surface area contributed by atoms with Crippen molar-refractivity contribution >= 4 is 17.7 Å². The second kappa shape index (κ2) is 7.96. The molecule has 0 unspecified atom stereocenters. The van der Waals surface area contributed by atoms with Gasteiger partial charge in [0.15, 0.2) is 6.61 Å². The minimum atomic E-state index is -0.871. The van der Waals surface area contributed by atoms with Crippen LogP contribution in [0.2, 0.25) is 0 Å². The molecule has 0 aliphatic heterocycles. The molecular weight excluding hydrogens is 320 g/mol. The first-order valence-corrected chi connectivity index (χ1v) is 6.94. The first kappa shape index (κ1) is 17.3. The summed E-state index contributed by atoms with van der Waals surface area (Å²) in [6.07, 6.45) is 0. The molecule has 0 aromatic heterocycles. The Bertz CT molecular complexity index is 777. The van der Waals surface area contributed by atoms with Gasteiger partial charge in [-0.05, 0) is 30.3 Å². The number of nitrogens with one attached hydrogen (secondary N) is 1. The maximum absolute atomic E-state index is 13.4. The van der Waals surface area contributed by atoms with Gasteiger partial charge < -0.3 is 10.1 Å². The number of amides is 1. The average Bonchev–Trinajstić information content (AvgIpc) is 2.58. The van der Waals surface area contributed by atoms with E-state index in [9.17, 15) is 23.2 Å². The lowest BCUT2D eigenvalue weighted by molar-refractivity contribution is -0.141. The molecule has 0 radical (unpaired) electrons. The summed E-state index contributed by atoms with van der Waals surface area (Å²) in [5.41, 5.74) is -0.140. The average molecular weight is 333 g/mol. The molecule has 0 spiro atoms. The van der Waals surface area contributed by atoms with Gasteiger partial charge in [-0.3, -0.25) is 14.4 Å². The predicted molar refractivity (Wildman–Crippen MR) is 80.4 cm³/mol. The zero-order chi connectivity index (χ0) is 17.5. The van der Waals surface area contributed by atoms with Crippen LogP contribution in [0.1, 0.15) is 20.7 Å². The number of halogens is 2. The van der Waals surface area contributed by atoms with E-state index in [1.54, 1.807) is 0 Å². The van der Waals surface area contributed by atoms with Crippen LogP contribution in [-0.2, 0) is 9.53 Å². The molecule has 0 saturated carbocycles. The highest BCUT2D eigenvalue weighted by Crippen LogP contribution is 2.07. The molecular formula is C17H13F2NO4. The van der Waals surface area contributed by atoms with Crippen LogP contribution in [0.15, 0.2) is 48.5 Å². The van der Waals surface area contributed by atoms with Crippen LogP contribution in [-0.4, -0.2) is 30.8 Å². The van der Waals surface area contributed by atoms with Gasteiger partial charge in [-0.25, -0.2) is 8.78 Å². The molecule has 124 valence electrons. The molecule has 0 bridgehead atoms. The van der Waals surface area contributed by atoms with E-state index in [4.69, 9.17) is 0 Å². The SMILES string of the molecule is O=C(CNC(=O)c1cccc(F)c1)OCC(=O)c1ccccc1F. The molecule has 2 aromatic carbocycles. The topological polar surface area (TPSA) is 72.5 Å². The van der Waals surface area contributed by atoms with Gasteiger partial charge in [-0.2, -0.15) is 0 Å². The minimum Gasteiger partial charge on any atom is -0.456 e. The molecule has 5 nitrogen and oxygen atoms in total. The van der Waals surface area contributed by atoms with Crippen LogP contribution in [0.5, 0.6) is 0 Å². The van der Waals surface area contributed by atoms with Gasteiger partial charge in [0.1, 0.15) is 18.2 Å². The van der Waals surface area contributed by atoms with Crippen LogP contribution >= 0.6 is 0 Å². The minimum absolute atomic E-state index is 0.0465. The zero-order valence-electron chi connectivity index (χ0n) is 12.4. The maximum Gasteiger partial charge on any atom is 0.325 e. The molecule has 0 heterocycles. The van der Waals surface area contributed by atoms with Crippen molar-refractivity contribution in [2.75, 3.05) is 13.2 Å². The van der Waals surface area contributed by atoms with Gasteiger partial charge in [0.25, 0.3) is 5.91 Å². The van der Waals surface area contributed by atoms with E-state index in [1.165, 1.54) is 36.4 Å². The lowest BCUT2D eigenvalue weighted by Gasteiger charge is -2.07. The van der Waals surface area contributed by atoms with E-state index in [0.29, 0.717) is 0 Å². The fraction of sp³-hybridized carbons (Fsp3) is 0.118. The summed E-state index contributed by atoms with van der Waals surface area (Å²) in [6, 6.07) is 10.2. The molecule has 2 rings (SSSR count). The summed E-state index contributed by atoms with van der Waals surface area (Å²) in [5, 5.41) is 2.24. The first-order chi connectivity index (χ1) is 11.5. The quantitative estimate of drug-likeness (QED) is 0.649. The van der Waals surface area contributed by atoms with Crippen LogP contribution in [0.4, 0.5) is 8.78 Å². The maximum atomic E-state index is 13.4. The van der Waals surface area contributed by atoms with Crippen LogP contribution in [0.3, 0.4) is 0 Å². The van der Waals surface area contributed by atoms with Gasteiger partial charge in [-0.15, -0.1) is 0 Å². The second-order valence-electron chi connectivity index (χ2n) is 4.76. The highest BCUT2D eigenvalue weighted by atomic mass is 19.1. The van der Waals surface area contributed by atoms with Crippen molar-refractivity contribution in [1.29, 1.82) is 0 Å². The predicted octanol–water partition coefficient (Wildman–Crippen LogP) is 2.12. The molecule has 1 amide bonds. The van der Waals surface area contributed by atoms with E-state index < -0.39 is 42.4 Å². The van der Waals surface area contributed by atoms with Crippen molar-refractivity contribution in [3.63, 3.8) is 0 Å². The highest BCUT2D eigenvalue weighted by Gasteiger charge is 2.14. The van der Waals surface area contributed by atoms with Gasteiger partial charge in [0, 0.05) is 5.56 Å². The third kappa shape index (κ3) is 4.70. The van der Waals surface area contributed by atoms with E-state index in [-0.39, 0.29) is 11.1 Å². The third-order valence-electron chi connectivity index (χ3n) is 3.02. The Labute approximate surface area is 136 Å². The Balaban J connectivity index is 1.80. The molecule has 2 aromatic rings. The largest absolute Gasteiger partial charge is 0.456 e. The smallest absolute Gasteiger partial charge is 0.325 e. The summed E-state index contributed by atoms with van der Waals surface area (Å²) in [4.78, 5) is 34.9. The van der Waals surface area contributed by atoms with E-state index in [1.807, 2.05) is 0 Å². The Morgan fingerprint density at radius 3 is 2.46 bits per heavy atom. The lowest BCUT2D eigenvalue weighted by Crippen LogP contribution is -2.31. The molecule has 0 atom stereocenters. The Morgan fingerprint density at radius 1 is 1.00 bits per heavy atom. The van der Waals surface area contributed by atoms with Crippen molar-refractivity contribution in [1.82, 2.24) is 5.32 Å². The summed E-state index contributed by atoms with van der Waals surface area (Å²) in [5.74, 6) is -3.52. The van der Waals surface area contributed by atoms with Gasteiger partial charge >= 0.3 is 5.97 Å². The lowest BCUT2D eigenvalue weighted by atomic mass is 10.1. The normalized spacial score (nSPS) is 10.1. The van der Waals surface area contributed by atoms with Gasteiger partial charge in [-0.1, -0.05) is 18.2 Å². The summed E-state index contributed by atoms with van der Waals surface area (Å²) in [6.45, 7) is -1.14. The number of ether oxygens (including phenoxy) is 1. The number of hydrogen-bond acceptors (Lipinski definition) is 4. The Morgan fingerprint density at radius 2 is 1.75 bits per heavy atom. The highest BCUT2D eigenvalue weighted by molar-refractivity contribution is 5.99. The van der Waals surface area contributed by atoms with E-state index in [0.717, 1.165) is 12.1 Å². The Kier molecular flexibility index (Phi) is 5.73. The molecule has 1 N–H and O–H groups in total. The number of benzene rings is 2. The van der Waals surface area contributed by atoms with Crippen LogP contribution in [0, 0.1) is 11.6 Å². The number of hydrogen-bond donors (Lipinski definition) is 1. The Hall–Kier alpha value is -3.09. The fourth-order valence-corrected chi connectivity index (χ4v) is 1.85. The van der Waals surface area contributed by atoms with Crippen LogP contribution < -0.4 is 5.32 Å². The zero-order valence-corrected chi connectivity index (χ0v) is 12.4. The van der Waals surface area contributed by atoms with Crippen molar-refractivity contribution in [3.05, 3.63) is 71.3 Å². The van der Waals surface area contributed by atoms with E-state index >= 15 is 0 Å². The number of ketones is 1. The van der Waals surface area contributed by atoms with E-state index in [2.05, 4.69) is 10.1 Å². The van der Waals surface area contributed by atoms with Crippen molar-refractivity contribution < 1.29 is 27.9 Å². The summed E-state index contributed by atoms with van der Waals surface area (Å²) < 4.78 is 31.1. The fourth-order valence-electron chi connectivity index (χ4n) is 1.85. The molecule has 7 heteroatoms. The van der Waals surface area contributed by atoms with Crippen LogP contribution in [0.25, 0.3) is 0 Å². The molecule has 0 saturated heterocycles. The molecule has 24 heavy (non-hydrogen) atoms. The van der Waals surface area contributed by atoms with Crippen molar-refractivity contribution in [3.8, 4) is 0 Å². The van der Waals surface area contributed by atoms with Crippen molar-refractivity contribution in [2.45, 2.75) is 0 Å².